The summed E-state index contributed by atoms with van der Waals surface area (Å²) in [5.74, 6) is 0.921. The highest BCUT2D eigenvalue weighted by Crippen LogP contribution is 2.45. The van der Waals surface area contributed by atoms with Gasteiger partial charge >= 0.3 is 0 Å². The van der Waals surface area contributed by atoms with Crippen molar-refractivity contribution < 1.29 is 19.1 Å². The lowest BCUT2D eigenvalue weighted by Crippen LogP contribution is -2.54. The van der Waals surface area contributed by atoms with Gasteiger partial charge in [-0.05, 0) is 56.6 Å². The molecule has 2 atom stereocenters. The molecule has 9 heteroatoms. The number of rotatable bonds is 9. The molecule has 2 aliphatic heterocycles. The summed E-state index contributed by atoms with van der Waals surface area (Å²) in [7, 11) is 1.70. The topological polar surface area (TPSA) is 104 Å². The van der Waals surface area contributed by atoms with Gasteiger partial charge in [-0.1, -0.05) is 18.2 Å². The minimum absolute atomic E-state index is 0.00599. The third-order valence-corrected chi connectivity index (χ3v) is 7.03. The van der Waals surface area contributed by atoms with Crippen LogP contribution in [0.5, 0.6) is 0 Å². The van der Waals surface area contributed by atoms with Crippen LogP contribution in [0.15, 0.2) is 52.5 Å². The first-order valence-corrected chi connectivity index (χ1v) is 12.2. The highest BCUT2D eigenvalue weighted by molar-refractivity contribution is 6.02. The van der Waals surface area contributed by atoms with E-state index in [0.29, 0.717) is 24.6 Å². The van der Waals surface area contributed by atoms with Crippen LogP contribution in [0.1, 0.15) is 44.9 Å². The number of hydrogen-bond acceptors (Lipinski definition) is 7. The van der Waals surface area contributed by atoms with Crippen LogP contribution in [0, 0.1) is 11.3 Å². The molecule has 0 spiro atoms. The Balaban J connectivity index is 1.15. The number of methoxy groups -OCH3 is 1. The Morgan fingerprint density at radius 3 is 2.97 bits per heavy atom. The van der Waals surface area contributed by atoms with Gasteiger partial charge in [-0.2, -0.15) is 5.01 Å². The first kappa shape index (κ1) is 22.7. The van der Waals surface area contributed by atoms with Gasteiger partial charge in [0.25, 0.3) is 5.91 Å². The van der Waals surface area contributed by atoms with E-state index < -0.39 is 6.29 Å². The second kappa shape index (κ2) is 9.66. The Kier molecular flexibility index (Phi) is 6.45. The number of ether oxygens (including phenoxy) is 2. The molecule has 9 nitrogen and oxygen atoms in total. The first-order valence-electron chi connectivity index (χ1n) is 12.2. The summed E-state index contributed by atoms with van der Waals surface area (Å²) in [6.45, 7) is 1.51. The van der Waals surface area contributed by atoms with E-state index in [1.165, 1.54) is 11.1 Å². The third kappa shape index (κ3) is 4.89. The Labute approximate surface area is 200 Å². The molecule has 2 heterocycles. The average Bonchev–Trinajstić information content (AvgIpc) is 3.49. The first-order chi connectivity index (χ1) is 16.6. The van der Waals surface area contributed by atoms with E-state index in [9.17, 15) is 9.59 Å². The van der Waals surface area contributed by atoms with E-state index in [2.05, 4.69) is 27.1 Å². The molecule has 5 rings (SSSR count). The standard InChI is InChI=1S/C25H33N5O4/c1-33-16-25(11-12-25)15-26-23(32)19-9-5-6-10-20(19)34-14-18-13-21(31)30-24(27-18)28-22(29-30)17-7-3-2-4-8-17/h2-3,7,10,13,19,24,27H,4-6,8-9,11-12,14-16H2,1H3,(H,26,32)(H,28,29). The van der Waals surface area contributed by atoms with Gasteiger partial charge in [0, 0.05) is 25.1 Å². The fourth-order valence-electron chi connectivity index (χ4n) is 4.82. The average molecular weight is 468 g/mol. The van der Waals surface area contributed by atoms with Crippen molar-refractivity contribution in [3.05, 3.63) is 47.4 Å². The summed E-state index contributed by atoms with van der Waals surface area (Å²) in [5.41, 5.74) is 1.85. The number of allylic oxidation sites excluding steroid dienone is 4. The van der Waals surface area contributed by atoms with Crippen LogP contribution in [-0.2, 0) is 19.1 Å². The van der Waals surface area contributed by atoms with Gasteiger partial charge in [0.1, 0.15) is 12.4 Å². The maximum Gasteiger partial charge on any atom is 0.272 e. The molecular formula is C25H33N5O4. The van der Waals surface area contributed by atoms with Crippen LogP contribution in [0.3, 0.4) is 0 Å². The second-order valence-electron chi connectivity index (χ2n) is 9.68. The van der Waals surface area contributed by atoms with E-state index in [0.717, 1.165) is 56.4 Å². The molecule has 5 aliphatic rings. The number of carbonyl (C=O) groups excluding carboxylic acids is 2. The predicted molar refractivity (Wildman–Crippen MR) is 127 cm³/mol. The minimum Gasteiger partial charge on any atom is -0.491 e. The molecule has 0 bridgehead atoms. The molecule has 0 aromatic carbocycles. The molecule has 1 saturated carbocycles. The van der Waals surface area contributed by atoms with Gasteiger partial charge in [-0.15, -0.1) is 5.10 Å². The summed E-state index contributed by atoms with van der Waals surface area (Å²) < 4.78 is 11.4. The Hall–Kier alpha value is -3.07. The highest BCUT2D eigenvalue weighted by atomic mass is 16.5. The molecule has 1 fully saturated rings. The van der Waals surface area contributed by atoms with Crippen molar-refractivity contribution >= 4 is 17.6 Å². The summed E-state index contributed by atoms with van der Waals surface area (Å²) in [5, 5.41) is 15.6. The molecule has 34 heavy (non-hydrogen) atoms. The fourth-order valence-corrected chi connectivity index (χ4v) is 4.82. The molecule has 2 amide bonds. The zero-order chi connectivity index (χ0) is 23.5. The van der Waals surface area contributed by atoms with Gasteiger partial charge in [-0.3, -0.25) is 9.59 Å². The van der Waals surface area contributed by atoms with E-state index in [4.69, 9.17) is 9.47 Å². The van der Waals surface area contributed by atoms with E-state index in [-0.39, 0.29) is 29.8 Å². The highest BCUT2D eigenvalue weighted by Gasteiger charge is 2.43. The molecule has 2 unspecified atom stereocenters. The van der Waals surface area contributed by atoms with Gasteiger partial charge in [0.15, 0.2) is 5.84 Å². The molecule has 0 radical (unpaired) electrons. The molecule has 0 saturated heterocycles. The van der Waals surface area contributed by atoms with Crippen LogP contribution in [0.2, 0.25) is 0 Å². The van der Waals surface area contributed by atoms with Crippen LogP contribution >= 0.6 is 0 Å². The van der Waals surface area contributed by atoms with Crippen LogP contribution < -0.4 is 16.0 Å². The van der Waals surface area contributed by atoms with Crippen molar-refractivity contribution in [3.63, 3.8) is 0 Å². The summed E-state index contributed by atoms with van der Waals surface area (Å²) in [4.78, 5) is 25.6. The molecule has 0 aromatic heterocycles. The van der Waals surface area contributed by atoms with E-state index >= 15 is 0 Å². The number of hydrazone groups is 1. The maximum atomic E-state index is 12.9. The quantitative estimate of drug-likeness (QED) is 0.479. The molecular weight excluding hydrogens is 434 g/mol. The van der Waals surface area contributed by atoms with Crippen LogP contribution in [0.25, 0.3) is 0 Å². The Bertz CT molecular complexity index is 991. The lowest BCUT2D eigenvalue weighted by molar-refractivity contribution is -0.130. The SMILES string of the molecule is COCC1(CNC(=O)C2CCCC=C2OCC2=CC(=O)N3N=C(C4=CC=CCC4)NC3N2)CC1. The summed E-state index contributed by atoms with van der Waals surface area (Å²) in [6.07, 6.45) is 15.9. The molecule has 0 aromatic rings. The summed E-state index contributed by atoms with van der Waals surface area (Å²) in [6, 6.07) is 0. The van der Waals surface area contributed by atoms with E-state index in [1.54, 1.807) is 7.11 Å². The van der Waals surface area contributed by atoms with Gasteiger partial charge in [0.05, 0.1) is 18.2 Å². The predicted octanol–water partition coefficient (Wildman–Crippen LogP) is 2.02. The Morgan fingerprint density at radius 2 is 2.21 bits per heavy atom. The van der Waals surface area contributed by atoms with Gasteiger partial charge in [0.2, 0.25) is 12.2 Å². The lowest BCUT2D eigenvalue weighted by atomic mass is 9.92. The monoisotopic (exact) mass is 467 g/mol. The van der Waals surface area contributed by atoms with E-state index in [1.807, 2.05) is 18.2 Å². The van der Waals surface area contributed by atoms with Crippen molar-refractivity contribution in [2.24, 2.45) is 16.4 Å². The number of nitrogens with zero attached hydrogens (tertiary/aromatic N) is 2. The third-order valence-electron chi connectivity index (χ3n) is 7.03. The number of nitrogens with one attached hydrogen (secondary N) is 3. The minimum atomic E-state index is -0.437. The van der Waals surface area contributed by atoms with Crippen molar-refractivity contribution in [1.29, 1.82) is 0 Å². The van der Waals surface area contributed by atoms with Crippen molar-refractivity contribution in [2.75, 3.05) is 26.9 Å². The van der Waals surface area contributed by atoms with Gasteiger partial charge in [-0.25, -0.2) is 0 Å². The smallest absolute Gasteiger partial charge is 0.272 e. The van der Waals surface area contributed by atoms with Crippen LogP contribution in [-0.4, -0.2) is 55.8 Å². The van der Waals surface area contributed by atoms with Crippen LogP contribution in [0.4, 0.5) is 0 Å². The van der Waals surface area contributed by atoms with Crippen molar-refractivity contribution in [1.82, 2.24) is 21.0 Å². The molecule has 3 aliphatic carbocycles. The number of carbonyl (C=O) groups is 2. The lowest BCUT2D eigenvalue weighted by Gasteiger charge is -2.30. The normalized spacial score (nSPS) is 26.9. The number of amidine groups is 1. The molecule has 3 N–H and O–H groups in total. The van der Waals surface area contributed by atoms with Crippen molar-refractivity contribution in [3.8, 4) is 0 Å². The Morgan fingerprint density at radius 1 is 1.32 bits per heavy atom. The second-order valence-corrected chi connectivity index (χ2v) is 9.68. The zero-order valence-electron chi connectivity index (χ0n) is 19.6. The number of amides is 2. The zero-order valence-corrected chi connectivity index (χ0v) is 19.6. The maximum absolute atomic E-state index is 12.9. The molecule has 182 valence electrons. The fraction of sp³-hybridized carbons (Fsp3) is 0.560. The number of fused-ring (bicyclic) bond motifs is 1. The summed E-state index contributed by atoms with van der Waals surface area (Å²) >= 11 is 0. The largest absolute Gasteiger partial charge is 0.491 e. The van der Waals surface area contributed by atoms with Crippen molar-refractivity contribution in [2.45, 2.75) is 51.2 Å². The number of hydrogen-bond donors (Lipinski definition) is 3. The van der Waals surface area contributed by atoms with Gasteiger partial charge < -0.3 is 25.4 Å².